The number of guanidine groups is 1. The van der Waals surface area contributed by atoms with E-state index in [1.54, 1.807) is 14.2 Å². The van der Waals surface area contributed by atoms with Gasteiger partial charge < -0.3 is 20.3 Å². The molecule has 0 bridgehead atoms. The van der Waals surface area contributed by atoms with Crippen LogP contribution in [0, 0.1) is 6.92 Å². The van der Waals surface area contributed by atoms with Crippen molar-refractivity contribution >= 4 is 35.6 Å². The van der Waals surface area contributed by atoms with Gasteiger partial charge in [-0.1, -0.05) is 6.07 Å². The molecule has 0 amide bonds. The van der Waals surface area contributed by atoms with Gasteiger partial charge in [0.2, 0.25) is 0 Å². The minimum absolute atomic E-state index is 0. The van der Waals surface area contributed by atoms with E-state index in [2.05, 4.69) is 59.7 Å². The summed E-state index contributed by atoms with van der Waals surface area (Å²) in [5, 5.41) is 6.61. The van der Waals surface area contributed by atoms with E-state index < -0.39 is 0 Å². The van der Waals surface area contributed by atoms with Crippen LogP contribution in [0.5, 0.6) is 0 Å². The van der Waals surface area contributed by atoms with Crippen molar-refractivity contribution in [3.05, 3.63) is 29.3 Å². The molecular weight excluding hydrogens is 391 g/mol. The first-order chi connectivity index (χ1) is 10.1. The Morgan fingerprint density at radius 2 is 2.00 bits per heavy atom. The molecule has 6 heteroatoms. The summed E-state index contributed by atoms with van der Waals surface area (Å²) in [4.78, 5) is 6.33. The molecule has 0 aliphatic heterocycles. The van der Waals surface area contributed by atoms with Crippen molar-refractivity contribution in [1.82, 2.24) is 10.6 Å². The Bertz CT molecular complexity index is 463. The monoisotopic (exact) mass is 420 g/mol. The van der Waals surface area contributed by atoms with E-state index in [1.807, 2.05) is 0 Å². The van der Waals surface area contributed by atoms with Crippen LogP contribution in [0.1, 0.15) is 17.5 Å². The van der Waals surface area contributed by atoms with Crippen LogP contribution in [0.25, 0.3) is 0 Å². The lowest BCUT2D eigenvalue weighted by molar-refractivity contribution is 0.195. The molecular formula is C16H29IN4O. The highest BCUT2D eigenvalue weighted by atomic mass is 127. The molecule has 2 N–H and O–H groups in total. The Morgan fingerprint density at radius 1 is 1.27 bits per heavy atom. The van der Waals surface area contributed by atoms with Crippen molar-refractivity contribution in [2.24, 2.45) is 4.99 Å². The van der Waals surface area contributed by atoms with Crippen LogP contribution in [-0.4, -0.2) is 47.4 Å². The molecule has 0 aliphatic rings. The summed E-state index contributed by atoms with van der Waals surface area (Å²) in [6.45, 7) is 4.52. The van der Waals surface area contributed by atoms with Crippen LogP contribution in [0.15, 0.2) is 23.2 Å². The summed E-state index contributed by atoms with van der Waals surface area (Å²) in [5.74, 6) is 0.821. The number of hydrogen-bond acceptors (Lipinski definition) is 3. The number of anilines is 1. The van der Waals surface area contributed by atoms with Crippen molar-refractivity contribution in [2.75, 3.05) is 46.3 Å². The molecule has 0 aliphatic carbocycles. The molecule has 0 aromatic heterocycles. The standard InChI is InChI=1S/C16H28N4O.HI/c1-13-11-15(20(3)4)8-7-14(13)12-19-16(17-2)18-9-6-10-21-5;/h7-8,11H,6,9-10,12H2,1-5H3,(H2,17,18,19);1H. The number of nitrogens with one attached hydrogen (secondary N) is 2. The molecule has 1 aromatic rings. The summed E-state index contributed by atoms with van der Waals surface area (Å²) in [7, 11) is 7.61. The first-order valence-electron chi connectivity index (χ1n) is 7.28. The third-order valence-corrected chi connectivity index (χ3v) is 3.33. The summed E-state index contributed by atoms with van der Waals surface area (Å²) in [6, 6.07) is 6.50. The fourth-order valence-electron chi connectivity index (χ4n) is 1.98. The molecule has 0 unspecified atom stereocenters. The summed E-state index contributed by atoms with van der Waals surface area (Å²) in [6.07, 6.45) is 0.966. The lowest BCUT2D eigenvalue weighted by atomic mass is 10.1. The van der Waals surface area contributed by atoms with E-state index in [0.29, 0.717) is 0 Å². The van der Waals surface area contributed by atoms with Crippen LogP contribution in [0.3, 0.4) is 0 Å². The molecule has 0 atom stereocenters. The number of methoxy groups -OCH3 is 1. The second kappa shape index (κ2) is 11.5. The lowest BCUT2D eigenvalue weighted by Gasteiger charge is -2.16. The van der Waals surface area contributed by atoms with Crippen molar-refractivity contribution in [1.29, 1.82) is 0 Å². The SMILES string of the molecule is CN=C(NCCCOC)NCc1ccc(N(C)C)cc1C.I. The van der Waals surface area contributed by atoms with E-state index >= 15 is 0 Å². The topological polar surface area (TPSA) is 48.9 Å². The minimum atomic E-state index is 0. The Hall–Kier alpha value is -1.02. The van der Waals surface area contributed by atoms with Crippen LogP contribution in [0.4, 0.5) is 5.69 Å². The number of rotatable bonds is 7. The van der Waals surface area contributed by atoms with E-state index in [9.17, 15) is 0 Å². The number of nitrogens with zero attached hydrogens (tertiary/aromatic N) is 2. The number of halogens is 1. The fraction of sp³-hybridized carbons (Fsp3) is 0.562. The molecule has 0 fully saturated rings. The summed E-state index contributed by atoms with van der Waals surface area (Å²) < 4.78 is 5.03. The molecule has 126 valence electrons. The quantitative estimate of drug-likeness (QED) is 0.308. The first kappa shape index (κ1) is 21.0. The minimum Gasteiger partial charge on any atom is -0.385 e. The molecule has 5 nitrogen and oxygen atoms in total. The zero-order chi connectivity index (χ0) is 15.7. The van der Waals surface area contributed by atoms with Crippen LogP contribution >= 0.6 is 24.0 Å². The molecule has 0 spiro atoms. The Balaban J connectivity index is 0.00000441. The fourth-order valence-corrected chi connectivity index (χ4v) is 1.98. The van der Waals surface area contributed by atoms with Gasteiger partial charge in [0, 0.05) is 53.6 Å². The Morgan fingerprint density at radius 3 is 2.55 bits per heavy atom. The maximum atomic E-state index is 5.03. The maximum Gasteiger partial charge on any atom is 0.191 e. The van der Waals surface area contributed by atoms with Crippen molar-refractivity contribution in [2.45, 2.75) is 19.9 Å². The Kier molecular flexibility index (Phi) is 11.0. The number of aryl methyl sites for hydroxylation is 1. The van der Waals surface area contributed by atoms with Crippen LogP contribution in [0.2, 0.25) is 0 Å². The van der Waals surface area contributed by atoms with Gasteiger partial charge in [-0.05, 0) is 36.6 Å². The molecule has 0 heterocycles. The second-order valence-corrected chi connectivity index (χ2v) is 5.20. The normalized spacial score (nSPS) is 10.9. The van der Waals surface area contributed by atoms with E-state index in [4.69, 9.17) is 4.74 Å². The zero-order valence-electron chi connectivity index (χ0n) is 14.3. The van der Waals surface area contributed by atoms with Gasteiger partial charge in [-0.15, -0.1) is 24.0 Å². The van der Waals surface area contributed by atoms with Crippen molar-refractivity contribution in [3.63, 3.8) is 0 Å². The van der Waals surface area contributed by atoms with Gasteiger partial charge >= 0.3 is 0 Å². The highest BCUT2D eigenvalue weighted by Crippen LogP contribution is 2.17. The molecule has 22 heavy (non-hydrogen) atoms. The van der Waals surface area contributed by atoms with Gasteiger partial charge in [-0.25, -0.2) is 0 Å². The third-order valence-electron chi connectivity index (χ3n) is 3.33. The number of benzene rings is 1. The summed E-state index contributed by atoms with van der Waals surface area (Å²) in [5.41, 5.74) is 3.78. The number of ether oxygens (including phenoxy) is 1. The van der Waals surface area contributed by atoms with Gasteiger partial charge in [0.1, 0.15) is 0 Å². The average molecular weight is 420 g/mol. The highest BCUT2D eigenvalue weighted by Gasteiger charge is 2.03. The van der Waals surface area contributed by atoms with Gasteiger partial charge in [0.05, 0.1) is 0 Å². The van der Waals surface area contributed by atoms with Gasteiger partial charge in [-0.2, -0.15) is 0 Å². The van der Waals surface area contributed by atoms with Crippen molar-refractivity contribution in [3.8, 4) is 0 Å². The van der Waals surface area contributed by atoms with E-state index in [-0.39, 0.29) is 24.0 Å². The Labute approximate surface area is 151 Å². The molecule has 1 rings (SSSR count). The predicted octanol–water partition coefficient (Wildman–Crippen LogP) is 2.38. The smallest absolute Gasteiger partial charge is 0.191 e. The van der Waals surface area contributed by atoms with Crippen LogP contribution in [-0.2, 0) is 11.3 Å². The number of aliphatic imine (C=N–C) groups is 1. The maximum absolute atomic E-state index is 5.03. The zero-order valence-corrected chi connectivity index (χ0v) is 16.6. The molecule has 0 radical (unpaired) electrons. The highest BCUT2D eigenvalue weighted by molar-refractivity contribution is 14.0. The largest absolute Gasteiger partial charge is 0.385 e. The average Bonchev–Trinajstić information content (AvgIpc) is 2.47. The summed E-state index contributed by atoms with van der Waals surface area (Å²) >= 11 is 0. The van der Waals surface area contributed by atoms with Gasteiger partial charge in [-0.3, -0.25) is 4.99 Å². The molecule has 0 saturated heterocycles. The predicted molar refractivity (Wildman–Crippen MR) is 106 cm³/mol. The number of hydrogen-bond donors (Lipinski definition) is 2. The first-order valence-corrected chi connectivity index (χ1v) is 7.28. The van der Waals surface area contributed by atoms with E-state index in [1.165, 1.54) is 16.8 Å². The second-order valence-electron chi connectivity index (χ2n) is 5.20. The third kappa shape index (κ3) is 7.31. The van der Waals surface area contributed by atoms with E-state index in [0.717, 1.165) is 32.1 Å². The van der Waals surface area contributed by atoms with Gasteiger partial charge in [0.25, 0.3) is 0 Å². The molecule has 1 aromatic carbocycles. The van der Waals surface area contributed by atoms with Gasteiger partial charge in [0.15, 0.2) is 5.96 Å². The molecule has 0 saturated carbocycles. The lowest BCUT2D eigenvalue weighted by Crippen LogP contribution is -2.37. The van der Waals surface area contributed by atoms with Crippen molar-refractivity contribution < 1.29 is 4.74 Å². The van der Waals surface area contributed by atoms with Crippen LogP contribution < -0.4 is 15.5 Å².